The van der Waals surface area contributed by atoms with Crippen LogP contribution in [0.1, 0.15) is 38.7 Å². The van der Waals surface area contributed by atoms with Gasteiger partial charge in [0.2, 0.25) is 0 Å². The Labute approximate surface area is 86.0 Å². The van der Waals surface area contributed by atoms with E-state index < -0.39 is 0 Å². The average Bonchev–Trinajstić information content (AvgIpc) is 2.16. The van der Waals surface area contributed by atoms with E-state index in [4.69, 9.17) is 0 Å². The molecule has 1 aromatic heterocycles. The summed E-state index contributed by atoms with van der Waals surface area (Å²) < 4.78 is 0. The van der Waals surface area contributed by atoms with Crippen molar-refractivity contribution >= 4 is 5.82 Å². The summed E-state index contributed by atoms with van der Waals surface area (Å²) in [5.41, 5.74) is 1.10. The normalized spacial score (nSPS) is 12.6. The molecule has 0 saturated carbocycles. The Morgan fingerprint density at radius 3 is 2.64 bits per heavy atom. The lowest BCUT2D eigenvalue weighted by molar-refractivity contribution is 0.755. The highest BCUT2D eigenvalue weighted by atomic mass is 15.0. The predicted octanol–water partition coefficient (Wildman–Crippen LogP) is 2.56. The molecule has 14 heavy (non-hydrogen) atoms. The molecule has 1 heterocycles. The van der Waals surface area contributed by atoms with Crippen molar-refractivity contribution in [3.8, 4) is 0 Å². The minimum atomic E-state index is 0.467. The van der Waals surface area contributed by atoms with Gasteiger partial charge in [0.25, 0.3) is 0 Å². The number of hydrogen-bond donors (Lipinski definition) is 1. The lowest BCUT2D eigenvalue weighted by Crippen LogP contribution is -2.15. The van der Waals surface area contributed by atoms with Gasteiger partial charge in [-0.2, -0.15) is 0 Å². The van der Waals surface area contributed by atoms with E-state index >= 15 is 0 Å². The fourth-order valence-corrected chi connectivity index (χ4v) is 1.24. The fourth-order valence-electron chi connectivity index (χ4n) is 1.24. The van der Waals surface area contributed by atoms with Crippen molar-refractivity contribution < 1.29 is 0 Å². The Balaban J connectivity index is 2.81. The topological polar surface area (TPSA) is 37.8 Å². The van der Waals surface area contributed by atoms with E-state index in [-0.39, 0.29) is 0 Å². The summed E-state index contributed by atoms with van der Waals surface area (Å²) in [5.74, 6) is 1.79. The van der Waals surface area contributed by atoms with Crippen LogP contribution < -0.4 is 5.32 Å². The molecule has 0 spiro atoms. The maximum absolute atomic E-state index is 4.35. The quantitative estimate of drug-likeness (QED) is 0.798. The third-order valence-corrected chi connectivity index (χ3v) is 2.26. The molecule has 3 heteroatoms. The molecule has 1 N–H and O–H groups in total. The Bertz CT molecular complexity index is 297. The smallest absolute Gasteiger partial charge is 0.130 e. The molecular formula is C11H19N3. The molecule has 1 rings (SSSR count). The lowest BCUT2D eigenvalue weighted by atomic mass is 10.2. The van der Waals surface area contributed by atoms with Crippen LogP contribution >= 0.6 is 0 Å². The third-order valence-electron chi connectivity index (χ3n) is 2.26. The van der Waals surface area contributed by atoms with Crippen LogP contribution in [0.25, 0.3) is 0 Å². The van der Waals surface area contributed by atoms with Crippen LogP contribution in [0.5, 0.6) is 0 Å². The molecule has 3 nitrogen and oxygen atoms in total. The second kappa shape index (κ2) is 4.94. The number of rotatable bonds is 4. The molecule has 0 bridgehead atoms. The summed E-state index contributed by atoms with van der Waals surface area (Å²) >= 11 is 0. The summed E-state index contributed by atoms with van der Waals surface area (Å²) in [6.07, 6.45) is 2.06. The minimum absolute atomic E-state index is 0.467. The van der Waals surface area contributed by atoms with Gasteiger partial charge in [0.1, 0.15) is 11.6 Å². The average molecular weight is 193 g/mol. The van der Waals surface area contributed by atoms with Crippen molar-refractivity contribution in [3.05, 3.63) is 17.6 Å². The Kier molecular flexibility index (Phi) is 3.86. The number of nitrogens with one attached hydrogen (secondary N) is 1. The van der Waals surface area contributed by atoms with Crippen molar-refractivity contribution in [2.75, 3.05) is 5.32 Å². The van der Waals surface area contributed by atoms with Gasteiger partial charge in [0.05, 0.1) is 0 Å². The standard InChI is InChI=1S/C11H19N3/c1-5-8(3)12-11-7-10(6-2)13-9(4)14-11/h7-8H,5-6H2,1-4H3,(H,12,13,14). The van der Waals surface area contributed by atoms with Crippen LogP contribution in [0.3, 0.4) is 0 Å². The van der Waals surface area contributed by atoms with E-state index in [1.54, 1.807) is 0 Å². The van der Waals surface area contributed by atoms with Gasteiger partial charge in [0.15, 0.2) is 0 Å². The molecule has 0 fully saturated rings. The molecule has 1 aromatic rings. The summed E-state index contributed by atoms with van der Waals surface area (Å²) in [5, 5.41) is 3.36. The zero-order chi connectivity index (χ0) is 10.6. The van der Waals surface area contributed by atoms with Gasteiger partial charge in [-0.1, -0.05) is 13.8 Å². The van der Waals surface area contributed by atoms with Crippen LogP contribution in [0.15, 0.2) is 6.07 Å². The van der Waals surface area contributed by atoms with Gasteiger partial charge in [-0.3, -0.25) is 0 Å². The monoisotopic (exact) mass is 193 g/mol. The van der Waals surface area contributed by atoms with Crippen LogP contribution in [0.2, 0.25) is 0 Å². The van der Waals surface area contributed by atoms with E-state index in [1.165, 1.54) is 0 Å². The van der Waals surface area contributed by atoms with Gasteiger partial charge in [0, 0.05) is 17.8 Å². The third kappa shape index (κ3) is 2.98. The van der Waals surface area contributed by atoms with Crippen LogP contribution in [-0.2, 0) is 6.42 Å². The molecule has 0 aliphatic carbocycles. The zero-order valence-electron chi connectivity index (χ0n) is 9.46. The number of aromatic nitrogens is 2. The fraction of sp³-hybridized carbons (Fsp3) is 0.636. The van der Waals surface area contributed by atoms with Crippen molar-refractivity contribution in [2.24, 2.45) is 0 Å². The van der Waals surface area contributed by atoms with Crippen LogP contribution in [0.4, 0.5) is 5.82 Å². The van der Waals surface area contributed by atoms with Crippen LogP contribution in [0, 0.1) is 6.92 Å². The Morgan fingerprint density at radius 1 is 1.36 bits per heavy atom. The Morgan fingerprint density at radius 2 is 2.07 bits per heavy atom. The lowest BCUT2D eigenvalue weighted by Gasteiger charge is -2.12. The summed E-state index contributed by atoms with van der Waals surface area (Å²) in [6, 6.07) is 2.49. The largest absolute Gasteiger partial charge is 0.368 e. The van der Waals surface area contributed by atoms with E-state index in [0.29, 0.717) is 6.04 Å². The molecule has 0 aromatic carbocycles. The zero-order valence-corrected chi connectivity index (χ0v) is 9.46. The van der Waals surface area contributed by atoms with Crippen molar-refractivity contribution in [1.29, 1.82) is 0 Å². The first kappa shape index (κ1) is 11.0. The first-order valence-electron chi connectivity index (χ1n) is 5.26. The number of anilines is 1. The molecule has 0 amide bonds. The van der Waals surface area contributed by atoms with Gasteiger partial charge in [-0.25, -0.2) is 9.97 Å². The number of hydrogen-bond acceptors (Lipinski definition) is 3. The van der Waals surface area contributed by atoms with E-state index in [0.717, 1.165) is 30.2 Å². The first-order valence-corrected chi connectivity index (χ1v) is 5.26. The van der Waals surface area contributed by atoms with Gasteiger partial charge in [-0.15, -0.1) is 0 Å². The number of nitrogens with zero attached hydrogens (tertiary/aromatic N) is 2. The van der Waals surface area contributed by atoms with Gasteiger partial charge >= 0.3 is 0 Å². The minimum Gasteiger partial charge on any atom is -0.368 e. The summed E-state index contributed by atoms with van der Waals surface area (Å²) in [7, 11) is 0. The highest BCUT2D eigenvalue weighted by molar-refractivity contribution is 5.36. The highest BCUT2D eigenvalue weighted by Gasteiger charge is 2.02. The molecular weight excluding hydrogens is 174 g/mol. The predicted molar refractivity (Wildman–Crippen MR) is 59.5 cm³/mol. The van der Waals surface area contributed by atoms with Crippen molar-refractivity contribution in [3.63, 3.8) is 0 Å². The second-order valence-corrected chi connectivity index (χ2v) is 3.60. The molecule has 1 atom stereocenters. The van der Waals surface area contributed by atoms with Gasteiger partial charge in [-0.05, 0) is 26.7 Å². The molecule has 0 saturated heterocycles. The van der Waals surface area contributed by atoms with E-state index in [1.807, 2.05) is 13.0 Å². The maximum Gasteiger partial charge on any atom is 0.130 e. The Hall–Kier alpha value is -1.12. The highest BCUT2D eigenvalue weighted by Crippen LogP contribution is 2.09. The first-order chi connectivity index (χ1) is 6.65. The van der Waals surface area contributed by atoms with Gasteiger partial charge < -0.3 is 5.32 Å². The molecule has 0 radical (unpaired) electrons. The molecule has 0 aliphatic rings. The second-order valence-electron chi connectivity index (χ2n) is 3.60. The van der Waals surface area contributed by atoms with Crippen LogP contribution in [-0.4, -0.2) is 16.0 Å². The molecule has 0 aliphatic heterocycles. The van der Waals surface area contributed by atoms with E-state index in [9.17, 15) is 0 Å². The van der Waals surface area contributed by atoms with Crippen molar-refractivity contribution in [1.82, 2.24) is 9.97 Å². The summed E-state index contributed by atoms with van der Waals surface area (Å²) in [4.78, 5) is 8.68. The maximum atomic E-state index is 4.35. The molecule has 78 valence electrons. The molecule has 1 unspecified atom stereocenters. The van der Waals surface area contributed by atoms with E-state index in [2.05, 4.69) is 36.1 Å². The SMILES string of the molecule is CCc1cc(NC(C)CC)nc(C)n1. The van der Waals surface area contributed by atoms with Crippen molar-refractivity contribution in [2.45, 2.75) is 46.6 Å². The summed E-state index contributed by atoms with van der Waals surface area (Å²) in [6.45, 7) is 8.35. The number of aryl methyl sites for hydroxylation is 2.